The molecule has 0 saturated carbocycles. The maximum Gasteiger partial charge on any atom is 0.297 e. The predicted molar refractivity (Wildman–Crippen MR) is 145 cm³/mol. The van der Waals surface area contributed by atoms with E-state index in [0.717, 1.165) is 11.1 Å². The third kappa shape index (κ3) is 7.54. The Morgan fingerprint density at radius 2 is 1.44 bits per heavy atom. The van der Waals surface area contributed by atoms with Gasteiger partial charge in [0.25, 0.3) is 20.2 Å². The third-order valence-corrected chi connectivity index (χ3v) is 9.81. The molecule has 3 aliphatic rings. The second-order valence-electron chi connectivity index (χ2n) is 9.32. The highest BCUT2D eigenvalue weighted by Crippen LogP contribution is 2.34. The lowest BCUT2D eigenvalue weighted by Gasteiger charge is -2.20. The number of ether oxygens (including phenoxy) is 3. The average molecular weight is 648 g/mol. The average Bonchev–Trinajstić information content (AvgIpc) is 3.65. The van der Waals surface area contributed by atoms with Crippen molar-refractivity contribution in [3.63, 3.8) is 0 Å². The number of aliphatic hydroxyl groups is 1. The molecule has 0 unspecified atom stereocenters. The van der Waals surface area contributed by atoms with Gasteiger partial charge in [0.15, 0.2) is 0 Å². The molecule has 5 rings (SSSR count). The van der Waals surface area contributed by atoms with Crippen molar-refractivity contribution in [3.05, 3.63) is 71.8 Å². The van der Waals surface area contributed by atoms with Crippen molar-refractivity contribution in [1.29, 1.82) is 0 Å². The highest BCUT2D eigenvalue weighted by atomic mass is 79.9. The smallest absolute Gasteiger partial charge is 0.297 e. The molecule has 3 aliphatic heterocycles. The van der Waals surface area contributed by atoms with Gasteiger partial charge in [0, 0.05) is 0 Å². The fourth-order valence-corrected chi connectivity index (χ4v) is 6.93. The lowest BCUT2D eigenvalue weighted by molar-refractivity contribution is 0.00185. The summed E-state index contributed by atoms with van der Waals surface area (Å²) in [4.78, 5) is 0.307. The lowest BCUT2D eigenvalue weighted by atomic mass is 10.1. The van der Waals surface area contributed by atoms with Gasteiger partial charge in [-0.15, -0.1) is 0 Å². The Balaban J connectivity index is 0.000000181. The van der Waals surface area contributed by atoms with Crippen LogP contribution in [0.4, 0.5) is 0 Å². The minimum Gasteiger partial charge on any atom is -0.394 e. The van der Waals surface area contributed by atoms with Crippen molar-refractivity contribution in [1.82, 2.24) is 0 Å². The minimum absolute atomic E-state index is 0.0681. The normalized spacial score (nSPS) is 27.1. The van der Waals surface area contributed by atoms with Crippen LogP contribution in [0.1, 0.15) is 11.1 Å². The van der Waals surface area contributed by atoms with Crippen molar-refractivity contribution in [2.24, 2.45) is 0 Å². The molecule has 3 heterocycles. The summed E-state index contributed by atoms with van der Waals surface area (Å²) in [6.07, 6.45) is 0.915. The molecular formula is C26H31BrO10S2. The number of hydrogen-bond donors (Lipinski definition) is 1. The van der Waals surface area contributed by atoms with Crippen LogP contribution in [0.2, 0.25) is 0 Å². The molecule has 2 aromatic carbocycles. The van der Waals surface area contributed by atoms with E-state index in [1.165, 1.54) is 12.1 Å². The first-order chi connectivity index (χ1) is 18.5. The third-order valence-electron chi connectivity index (χ3n) is 6.32. The van der Waals surface area contributed by atoms with E-state index in [1.807, 2.05) is 13.8 Å². The van der Waals surface area contributed by atoms with Crippen LogP contribution in [0.5, 0.6) is 0 Å². The second kappa shape index (κ2) is 12.9. The molecule has 6 atom stereocenters. The highest BCUT2D eigenvalue weighted by molar-refractivity contribution is 9.09. The van der Waals surface area contributed by atoms with Gasteiger partial charge in [-0.1, -0.05) is 63.5 Å². The Hall–Kier alpha value is -1.68. The van der Waals surface area contributed by atoms with E-state index >= 15 is 0 Å². The zero-order valence-electron chi connectivity index (χ0n) is 21.4. The summed E-state index contributed by atoms with van der Waals surface area (Å²) in [5.74, 6) is 0. The van der Waals surface area contributed by atoms with Crippen LogP contribution < -0.4 is 0 Å². The molecule has 10 nitrogen and oxygen atoms in total. The van der Waals surface area contributed by atoms with E-state index in [1.54, 1.807) is 48.6 Å². The van der Waals surface area contributed by atoms with E-state index in [-0.39, 0.29) is 33.4 Å². The molecule has 2 aromatic rings. The van der Waals surface area contributed by atoms with Crippen molar-refractivity contribution >= 4 is 36.2 Å². The summed E-state index contributed by atoms with van der Waals surface area (Å²) < 4.78 is 75.2. The van der Waals surface area contributed by atoms with Gasteiger partial charge >= 0.3 is 0 Å². The van der Waals surface area contributed by atoms with Gasteiger partial charge in [-0.25, -0.2) is 0 Å². The minimum atomic E-state index is -3.90. The number of alkyl halides is 1. The van der Waals surface area contributed by atoms with E-state index < -0.39 is 45.2 Å². The van der Waals surface area contributed by atoms with Crippen molar-refractivity contribution < 1.29 is 44.5 Å². The van der Waals surface area contributed by atoms with Crippen LogP contribution in [-0.4, -0.2) is 83.7 Å². The molecule has 0 aliphatic carbocycles. The highest BCUT2D eigenvalue weighted by Gasteiger charge is 2.49. The number of benzene rings is 2. The van der Waals surface area contributed by atoms with Crippen molar-refractivity contribution in [3.8, 4) is 0 Å². The summed E-state index contributed by atoms with van der Waals surface area (Å²) in [5.41, 5.74) is 1.95. The number of rotatable bonds is 8. The quantitative estimate of drug-likeness (QED) is 0.259. The van der Waals surface area contributed by atoms with Crippen LogP contribution in [0.15, 0.2) is 70.5 Å². The lowest BCUT2D eigenvalue weighted by Crippen LogP contribution is -2.33. The van der Waals surface area contributed by atoms with Gasteiger partial charge in [0.2, 0.25) is 0 Å². The molecule has 0 amide bonds. The fourth-order valence-electron chi connectivity index (χ4n) is 4.18. The topological polar surface area (TPSA) is 135 Å². The maximum absolute atomic E-state index is 12.2. The summed E-state index contributed by atoms with van der Waals surface area (Å²) in [7, 11) is -7.69. The molecule has 2 saturated heterocycles. The molecule has 2 fully saturated rings. The number of fused-ring (bicyclic) bond motifs is 1. The Bertz CT molecular complexity index is 1340. The largest absolute Gasteiger partial charge is 0.394 e. The summed E-state index contributed by atoms with van der Waals surface area (Å²) in [6, 6.07) is 12.9. The number of aryl methyl sites for hydroxylation is 2. The predicted octanol–water partition coefficient (Wildman–Crippen LogP) is 2.65. The molecular weight excluding hydrogens is 616 g/mol. The van der Waals surface area contributed by atoms with E-state index in [9.17, 15) is 21.9 Å². The molecule has 0 aromatic heterocycles. The molecule has 1 N–H and O–H groups in total. The zero-order chi connectivity index (χ0) is 28.2. The van der Waals surface area contributed by atoms with Gasteiger partial charge in [-0.3, -0.25) is 8.37 Å². The Labute approximate surface area is 237 Å². The zero-order valence-corrected chi connectivity index (χ0v) is 24.6. The van der Waals surface area contributed by atoms with E-state index in [2.05, 4.69) is 15.9 Å². The molecule has 39 heavy (non-hydrogen) atoms. The van der Waals surface area contributed by atoms with Crippen molar-refractivity contribution in [2.45, 2.75) is 59.0 Å². The molecule has 0 radical (unpaired) electrons. The van der Waals surface area contributed by atoms with Gasteiger partial charge in [0.05, 0.1) is 41.0 Å². The number of halogens is 1. The standard InChI is InChI=1S/C13H15BrO5S.C13H16O5S/c1-8-2-4-9(5-3-8)20(15,16)19-11-7-18-12-10(14)6-17-13(11)12;1-10-4-6-11(7-5-10)19(15,16)18-13(9-14)12-3-2-8-17-12/h2-5,10-13H,6-7H2,1H3;2-7,12-14H,8-9H2,1H3/t10-,11-,12+,13+;12-,13-/m00/s1. The summed E-state index contributed by atoms with van der Waals surface area (Å²) in [5, 5.41) is 9.24. The first kappa shape index (κ1) is 30.3. The molecule has 0 spiro atoms. The first-order valence-electron chi connectivity index (χ1n) is 12.3. The van der Waals surface area contributed by atoms with Crippen LogP contribution in [0.3, 0.4) is 0 Å². The second-order valence-corrected chi connectivity index (χ2v) is 13.6. The van der Waals surface area contributed by atoms with Gasteiger partial charge in [-0.05, 0) is 38.1 Å². The summed E-state index contributed by atoms with van der Waals surface area (Å²) >= 11 is 3.45. The van der Waals surface area contributed by atoms with Gasteiger partial charge in [-0.2, -0.15) is 16.8 Å². The molecule has 13 heteroatoms. The van der Waals surface area contributed by atoms with Crippen LogP contribution in [-0.2, 0) is 42.8 Å². The van der Waals surface area contributed by atoms with Crippen molar-refractivity contribution in [2.75, 3.05) is 26.4 Å². The SMILES string of the molecule is Cc1ccc(S(=O)(=O)O[C@@H](CO)[C@@H]2C=CCO2)cc1.Cc1ccc(S(=O)(=O)O[C@H]2CO[C@H]3[C@@H]2OC[C@@H]3Br)cc1. The van der Waals surface area contributed by atoms with Gasteiger partial charge < -0.3 is 19.3 Å². The molecule has 0 bridgehead atoms. The van der Waals surface area contributed by atoms with Crippen LogP contribution in [0.25, 0.3) is 0 Å². The van der Waals surface area contributed by atoms with E-state index in [0.29, 0.717) is 13.2 Å². The fraction of sp³-hybridized carbons (Fsp3) is 0.462. The maximum atomic E-state index is 12.2. The number of hydrogen-bond acceptors (Lipinski definition) is 10. The first-order valence-corrected chi connectivity index (χ1v) is 16.0. The van der Waals surface area contributed by atoms with Gasteiger partial charge in [0.1, 0.15) is 30.5 Å². The Kier molecular flexibility index (Phi) is 10.00. The number of aliphatic hydroxyl groups excluding tert-OH is 1. The molecule has 214 valence electrons. The monoisotopic (exact) mass is 646 g/mol. The van der Waals surface area contributed by atoms with Crippen LogP contribution >= 0.6 is 15.9 Å². The summed E-state index contributed by atoms with van der Waals surface area (Å²) in [6.45, 7) is 4.46. The Morgan fingerprint density at radius 3 is 1.97 bits per heavy atom. The van der Waals surface area contributed by atoms with Crippen LogP contribution in [0, 0.1) is 13.8 Å². The Morgan fingerprint density at radius 1 is 0.872 bits per heavy atom. The van der Waals surface area contributed by atoms with E-state index in [4.69, 9.17) is 22.6 Å².